The number of halogens is 1. The van der Waals surface area contributed by atoms with Crippen LogP contribution >= 0.6 is 11.8 Å². The molecule has 1 unspecified atom stereocenters. The number of rotatable bonds is 1. The number of thioether (sulfide) groups is 1. The largest absolute Gasteiger partial charge is 0.315 e. The van der Waals surface area contributed by atoms with Crippen molar-refractivity contribution in [2.75, 3.05) is 5.75 Å². The van der Waals surface area contributed by atoms with Crippen LogP contribution in [-0.4, -0.2) is 16.8 Å². The third-order valence-electron chi connectivity index (χ3n) is 1.47. The summed E-state index contributed by atoms with van der Waals surface area (Å²) in [5.74, 6) is -0.126. The fourth-order valence-electron chi connectivity index (χ4n) is 0.744. The quantitative estimate of drug-likeness (QED) is 0.587. The van der Waals surface area contributed by atoms with Gasteiger partial charge in [0, 0.05) is 5.92 Å². The topological polar surface area (TPSA) is 29.1 Å². The highest BCUT2D eigenvalue weighted by Gasteiger charge is 2.41. The van der Waals surface area contributed by atoms with Crippen LogP contribution in [-0.2, 0) is 4.79 Å². The van der Waals surface area contributed by atoms with Gasteiger partial charge in [0.2, 0.25) is 11.0 Å². The minimum Gasteiger partial charge on any atom is -0.315 e. The van der Waals surface area contributed by atoms with Crippen LogP contribution in [0.2, 0.25) is 0 Å². The van der Waals surface area contributed by atoms with Crippen LogP contribution < -0.4 is 5.32 Å². The number of hydrogen-bond donors (Lipinski definition) is 1. The normalized spacial score (nSPS) is 33.0. The second-order valence-electron chi connectivity index (χ2n) is 2.64. The van der Waals surface area contributed by atoms with Crippen molar-refractivity contribution in [2.24, 2.45) is 5.92 Å². The lowest BCUT2D eigenvalue weighted by molar-refractivity contribution is -0.120. The van der Waals surface area contributed by atoms with Crippen LogP contribution in [0.5, 0.6) is 0 Å². The van der Waals surface area contributed by atoms with Gasteiger partial charge in [0.05, 0.1) is 5.75 Å². The summed E-state index contributed by atoms with van der Waals surface area (Å²) in [6.07, 6.45) is 0. The van der Waals surface area contributed by atoms with Crippen molar-refractivity contribution >= 4 is 17.7 Å². The SMILES string of the molecule is CC(C)C1(F)NC(=O)CS1. The first-order chi connectivity index (χ1) is 4.54. The van der Waals surface area contributed by atoms with Crippen molar-refractivity contribution in [2.45, 2.75) is 19.0 Å². The second-order valence-corrected chi connectivity index (χ2v) is 3.81. The van der Waals surface area contributed by atoms with Crippen LogP contribution in [0.25, 0.3) is 0 Å². The molecule has 0 aliphatic carbocycles. The Kier molecular flexibility index (Phi) is 1.90. The van der Waals surface area contributed by atoms with E-state index in [4.69, 9.17) is 0 Å². The molecular formula is C6H10FNOS. The molecule has 10 heavy (non-hydrogen) atoms. The maximum Gasteiger partial charge on any atom is 0.233 e. The van der Waals surface area contributed by atoms with E-state index < -0.39 is 5.12 Å². The highest BCUT2D eigenvalue weighted by atomic mass is 32.2. The molecule has 1 aliphatic rings. The summed E-state index contributed by atoms with van der Waals surface area (Å²) in [6, 6.07) is 0. The van der Waals surface area contributed by atoms with Gasteiger partial charge in [-0.2, -0.15) is 0 Å². The van der Waals surface area contributed by atoms with Crippen molar-refractivity contribution in [1.82, 2.24) is 5.32 Å². The molecule has 58 valence electrons. The zero-order chi connectivity index (χ0) is 7.78. The minimum atomic E-state index is -1.52. The summed E-state index contributed by atoms with van der Waals surface area (Å²) in [4.78, 5) is 10.6. The molecule has 2 nitrogen and oxygen atoms in total. The van der Waals surface area contributed by atoms with E-state index in [2.05, 4.69) is 5.32 Å². The lowest BCUT2D eigenvalue weighted by Crippen LogP contribution is -2.39. The summed E-state index contributed by atoms with van der Waals surface area (Å²) < 4.78 is 13.3. The molecule has 1 fully saturated rings. The van der Waals surface area contributed by atoms with Gasteiger partial charge in [-0.25, -0.2) is 4.39 Å². The van der Waals surface area contributed by atoms with Gasteiger partial charge in [-0.05, 0) is 0 Å². The molecule has 0 saturated carbocycles. The summed E-state index contributed by atoms with van der Waals surface area (Å²) in [5, 5.41) is 0.770. The Bertz CT molecular complexity index is 162. The molecular weight excluding hydrogens is 153 g/mol. The average Bonchev–Trinajstić information content (AvgIpc) is 2.13. The highest BCUT2D eigenvalue weighted by Crippen LogP contribution is 2.35. The zero-order valence-electron chi connectivity index (χ0n) is 5.98. The first-order valence-corrected chi connectivity index (χ1v) is 4.17. The van der Waals surface area contributed by atoms with Crippen molar-refractivity contribution in [3.8, 4) is 0 Å². The van der Waals surface area contributed by atoms with Crippen molar-refractivity contribution in [3.63, 3.8) is 0 Å². The molecule has 1 rings (SSSR count). The summed E-state index contributed by atoms with van der Waals surface area (Å²) in [7, 11) is 0. The third-order valence-corrected chi connectivity index (χ3v) is 2.87. The Morgan fingerprint density at radius 2 is 2.40 bits per heavy atom. The first-order valence-electron chi connectivity index (χ1n) is 3.18. The molecule has 4 heteroatoms. The van der Waals surface area contributed by atoms with E-state index in [9.17, 15) is 9.18 Å². The molecule has 0 aromatic heterocycles. The van der Waals surface area contributed by atoms with Gasteiger partial charge < -0.3 is 5.32 Å². The van der Waals surface area contributed by atoms with Crippen LogP contribution in [0.1, 0.15) is 13.8 Å². The minimum absolute atomic E-state index is 0.163. The summed E-state index contributed by atoms with van der Waals surface area (Å²) in [5.41, 5.74) is 0. The van der Waals surface area contributed by atoms with Crippen LogP contribution in [0.15, 0.2) is 0 Å². The lowest BCUT2D eigenvalue weighted by atomic mass is 10.2. The van der Waals surface area contributed by atoms with Gasteiger partial charge >= 0.3 is 0 Å². The molecule has 1 aliphatic heterocycles. The number of alkyl halides is 1. The van der Waals surface area contributed by atoms with Crippen molar-refractivity contribution < 1.29 is 9.18 Å². The molecule has 0 bridgehead atoms. The molecule has 0 spiro atoms. The van der Waals surface area contributed by atoms with Crippen LogP contribution in [0.3, 0.4) is 0 Å². The van der Waals surface area contributed by atoms with Crippen LogP contribution in [0.4, 0.5) is 4.39 Å². The summed E-state index contributed by atoms with van der Waals surface area (Å²) in [6.45, 7) is 3.50. The lowest BCUT2D eigenvalue weighted by Gasteiger charge is -2.21. The van der Waals surface area contributed by atoms with Gasteiger partial charge in [0.1, 0.15) is 0 Å². The number of amides is 1. The molecule has 1 N–H and O–H groups in total. The fourth-order valence-corrected chi connectivity index (χ4v) is 1.68. The van der Waals surface area contributed by atoms with Gasteiger partial charge in [0.25, 0.3) is 0 Å². The Morgan fingerprint density at radius 3 is 2.60 bits per heavy atom. The molecule has 1 heterocycles. The fraction of sp³-hybridized carbons (Fsp3) is 0.833. The molecule has 1 saturated heterocycles. The number of carbonyl (C=O) groups excluding carboxylic acids is 1. The van der Waals surface area contributed by atoms with E-state index in [1.807, 2.05) is 0 Å². The Hall–Kier alpha value is -0.250. The average molecular weight is 163 g/mol. The molecule has 1 atom stereocenters. The van der Waals surface area contributed by atoms with Gasteiger partial charge in [-0.3, -0.25) is 4.79 Å². The van der Waals surface area contributed by atoms with E-state index in [1.54, 1.807) is 13.8 Å². The van der Waals surface area contributed by atoms with E-state index in [1.165, 1.54) is 0 Å². The smallest absolute Gasteiger partial charge is 0.233 e. The predicted octanol–water partition coefficient (Wildman–Crippen LogP) is 1.13. The van der Waals surface area contributed by atoms with E-state index >= 15 is 0 Å². The monoisotopic (exact) mass is 163 g/mol. The maximum absolute atomic E-state index is 13.3. The van der Waals surface area contributed by atoms with Crippen LogP contribution in [0, 0.1) is 5.92 Å². The molecule has 0 radical (unpaired) electrons. The Morgan fingerprint density at radius 1 is 1.80 bits per heavy atom. The van der Waals surface area contributed by atoms with Gasteiger partial charge in [0.15, 0.2) is 0 Å². The molecule has 0 aromatic rings. The Labute approximate surface area is 63.6 Å². The maximum atomic E-state index is 13.3. The molecule has 0 aromatic carbocycles. The van der Waals surface area contributed by atoms with E-state index in [0.29, 0.717) is 0 Å². The highest BCUT2D eigenvalue weighted by molar-refractivity contribution is 8.01. The van der Waals surface area contributed by atoms with Gasteiger partial charge in [-0.1, -0.05) is 25.6 Å². The van der Waals surface area contributed by atoms with E-state index in [-0.39, 0.29) is 17.6 Å². The second kappa shape index (κ2) is 2.42. The number of hydrogen-bond acceptors (Lipinski definition) is 2. The number of nitrogens with one attached hydrogen (secondary N) is 1. The summed E-state index contributed by atoms with van der Waals surface area (Å²) >= 11 is 1.03. The molecule has 1 amide bonds. The number of carbonyl (C=O) groups is 1. The standard InChI is InChI=1S/C6H10FNOS/c1-4(2)6(7)8-5(9)3-10-6/h4H,3H2,1-2H3,(H,8,9). The van der Waals surface area contributed by atoms with Crippen molar-refractivity contribution in [3.05, 3.63) is 0 Å². The van der Waals surface area contributed by atoms with Gasteiger partial charge in [-0.15, -0.1) is 0 Å². The predicted molar refractivity (Wildman–Crippen MR) is 39.3 cm³/mol. The first kappa shape index (κ1) is 7.85. The van der Waals surface area contributed by atoms with Crippen molar-refractivity contribution in [1.29, 1.82) is 0 Å². The Balaban J connectivity index is 2.63. The van der Waals surface area contributed by atoms with E-state index in [0.717, 1.165) is 11.8 Å². The zero-order valence-corrected chi connectivity index (χ0v) is 6.80. The third kappa shape index (κ3) is 1.26.